The third-order valence-electron chi connectivity index (χ3n) is 3.10. The highest BCUT2D eigenvalue weighted by atomic mass is 79.9. The van der Waals surface area contributed by atoms with Crippen molar-refractivity contribution in [3.63, 3.8) is 0 Å². The first-order chi connectivity index (χ1) is 8.08. The Morgan fingerprint density at radius 3 is 2.47 bits per heavy atom. The highest BCUT2D eigenvalue weighted by Gasteiger charge is 2.26. The zero-order chi connectivity index (χ0) is 12.3. The number of nitrogens with zero attached hydrogens (tertiary/aromatic N) is 1. The van der Waals surface area contributed by atoms with Crippen LogP contribution in [0.3, 0.4) is 0 Å². The lowest BCUT2D eigenvalue weighted by atomic mass is 9.95. The highest BCUT2D eigenvalue weighted by molar-refractivity contribution is 9.10. The number of aliphatic hydroxyl groups is 1. The van der Waals surface area contributed by atoms with Crippen molar-refractivity contribution in [1.82, 2.24) is 4.90 Å². The maximum absolute atomic E-state index is 10.5. The Morgan fingerprint density at radius 2 is 1.88 bits per heavy atom. The van der Waals surface area contributed by atoms with Crippen molar-refractivity contribution >= 4 is 15.9 Å². The molecule has 0 saturated carbocycles. The summed E-state index contributed by atoms with van der Waals surface area (Å²) >= 11 is 3.40. The van der Waals surface area contributed by atoms with Gasteiger partial charge in [0.15, 0.2) is 0 Å². The van der Waals surface area contributed by atoms with Crippen LogP contribution < -0.4 is 0 Å². The monoisotopic (exact) mass is 299 g/mol. The standard InChI is InChI=1S/C13H18BrNO2/c1-13(16,10-15-6-8-17-9-7-15)11-2-4-12(14)5-3-11/h2-5,16H,6-10H2,1H3/t13-/m1/s1. The van der Waals surface area contributed by atoms with E-state index in [0.717, 1.165) is 36.3 Å². The van der Waals surface area contributed by atoms with E-state index in [1.807, 2.05) is 31.2 Å². The lowest BCUT2D eigenvalue weighted by Gasteiger charge is -2.34. The highest BCUT2D eigenvalue weighted by Crippen LogP contribution is 2.24. The molecule has 17 heavy (non-hydrogen) atoms. The summed E-state index contributed by atoms with van der Waals surface area (Å²) in [6.45, 7) is 5.83. The minimum Gasteiger partial charge on any atom is -0.384 e. The number of hydrogen-bond donors (Lipinski definition) is 1. The minimum absolute atomic E-state index is 0.651. The fourth-order valence-electron chi connectivity index (χ4n) is 2.09. The Balaban J connectivity index is 2.04. The van der Waals surface area contributed by atoms with Gasteiger partial charge in [-0.3, -0.25) is 4.90 Å². The molecule has 0 aromatic heterocycles. The van der Waals surface area contributed by atoms with Crippen molar-refractivity contribution in [2.45, 2.75) is 12.5 Å². The molecule has 4 heteroatoms. The fourth-order valence-corrected chi connectivity index (χ4v) is 2.36. The molecule has 0 amide bonds. The Labute approximate surface area is 111 Å². The third-order valence-corrected chi connectivity index (χ3v) is 3.63. The topological polar surface area (TPSA) is 32.7 Å². The number of β-amino-alcohol motifs (C(OH)–C–C–N with tert-alkyl or cyclic N) is 1. The summed E-state index contributed by atoms with van der Waals surface area (Å²) in [4.78, 5) is 2.24. The molecule has 1 aromatic carbocycles. The molecule has 3 nitrogen and oxygen atoms in total. The largest absolute Gasteiger partial charge is 0.384 e. The van der Waals surface area contributed by atoms with E-state index < -0.39 is 5.60 Å². The molecule has 1 aliphatic rings. The molecule has 1 aliphatic heterocycles. The molecule has 1 heterocycles. The minimum atomic E-state index is -0.808. The summed E-state index contributed by atoms with van der Waals surface area (Å²) in [6.07, 6.45) is 0. The lowest BCUT2D eigenvalue weighted by Crippen LogP contribution is -2.44. The van der Waals surface area contributed by atoms with Crippen molar-refractivity contribution in [3.8, 4) is 0 Å². The number of benzene rings is 1. The normalized spacial score (nSPS) is 21.1. The van der Waals surface area contributed by atoms with Crippen LogP contribution >= 0.6 is 15.9 Å². The van der Waals surface area contributed by atoms with E-state index in [1.54, 1.807) is 0 Å². The van der Waals surface area contributed by atoms with E-state index in [-0.39, 0.29) is 0 Å². The van der Waals surface area contributed by atoms with Crippen molar-refractivity contribution in [1.29, 1.82) is 0 Å². The summed E-state index contributed by atoms with van der Waals surface area (Å²) in [5.41, 5.74) is 0.144. The van der Waals surface area contributed by atoms with Crippen molar-refractivity contribution in [2.75, 3.05) is 32.8 Å². The van der Waals surface area contributed by atoms with Crippen molar-refractivity contribution in [3.05, 3.63) is 34.3 Å². The number of hydrogen-bond acceptors (Lipinski definition) is 3. The average Bonchev–Trinajstić information content (AvgIpc) is 2.30. The van der Waals surface area contributed by atoms with Gasteiger partial charge in [-0.05, 0) is 24.6 Å². The van der Waals surface area contributed by atoms with E-state index in [9.17, 15) is 5.11 Å². The molecule has 1 saturated heterocycles. The van der Waals surface area contributed by atoms with E-state index in [0.29, 0.717) is 6.54 Å². The summed E-state index contributed by atoms with van der Waals surface area (Å²) in [5, 5.41) is 10.5. The van der Waals surface area contributed by atoms with Crippen LogP contribution in [0.25, 0.3) is 0 Å². The van der Waals surface area contributed by atoms with Gasteiger partial charge in [-0.2, -0.15) is 0 Å². The summed E-state index contributed by atoms with van der Waals surface area (Å²) in [7, 11) is 0. The van der Waals surface area contributed by atoms with Gasteiger partial charge in [-0.25, -0.2) is 0 Å². The van der Waals surface area contributed by atoms with E-state index in [2.05, 4.69) is 20.8 Å². The third kappa shape index (κ3) is 3.52. The number of ether oxygens (including phenoxy) is 1. The first-order valence-corrected chi connectivity index (χ1v) is 6.66. The van der Waals surface area contributed by atoms with Gasteiger partial charge in [-0.1, -0.05) is 28.1 Å². The van der Waals surface area contributed by atoms with Crippen LogP contribution in [0.2, 0.25) is 0 Å². The molecule has 2 rings (SSSR count). The molecule has 0 aliphatic carbocycles. The average molecular weight is 300 g/mol. The lowest BCUT2D eigenvalue weighted by molar-refractivity contribution is -0.0254. The van der Waals surface area contributed by atoms with Gasteiger partial charge in [0.25, 0.3) is 0 Å². The Morgan fingerprint density at radius 1 is 1.29 bits per heavy atom. The Kier molecular flexibility index (Phi) is 4.20. The van der Waals surface area contributed by atoms with Gasteiger partial charge >= 0.3 is 0 Å². The van der Waals surface area contributed by atoms with E-state index >= 15 is 0 Å². The number of morpholine rings is 1. The molecule has 0 radical (unpaired) electrons. The summed E-state index contributed by atoms with van der Waals surface area (Å²) in [5.74, 6) is 0. The van der Waals surface area contributed by atoms with Crippen LogP contribution in [-0.2, 0) is 10.3 Å². The van der Waals surface area contributed by atoms with Gasteiger partial charge in [0.1, 0.15) is 0 Å². The molecule has 1 N–H and O–H groups in total. The van der Waals surface area contributed by atoms with Gasteiger partial charge < -0.3 is 9.84 Å². The van der Waals surface area contributed by atoms with Gasteiger partial charge in [0, 0.05) is 24.1 Å². The Hall–Kier alpha value is -0.420. The van der Waals surface area contributed by atoms with Crippen molar-refractivity contribution in [2.24, 2.45) is 0 Å². The molecule has 1 fully saturated rings. The van der Waals surface area contributed by atoms with E-state index in [1.165, 1.54) is 0 Å². The molecule has 0 bridgehead atoms. The zero-order valence-corrected chi connectivity index (χ0v) is 11.6. The summed E-state index contributed by atoms with van der Waals surface area (Å²) < 4.78 is 6.34. The Bertz CT molecular complexity index is 358. The molecule has 1 aromatic rings. The maximum atomic E-state index is 10.5. The number of halogens is 1. The van der Waals surface area contributed by atoms with Gasteiger partial charge in [0.2, 0.25) is 0 Å². The summed E-state index contributed by atoms with van der Waals surface area (Å²) in [6, 6.07) is 7.85. The van der Waals surface area contributed by atoms with Gasteiger partial charge in [0.05, 0.1) is 18.8 Å². The predicted molar refractivity (Wildman–Crippen MR) is 71.0 cm³/mol. The molecule has 0 unspecified atom stereocenters. The SMILES string of the molecule is C[C@@](O)(CN1CCOCC1)c1ccc(Br)cc1. The first-order valence-electron chi connectivity index (χ1n) is 5.86. The maximum Gasteiger partial charge on any atom is 0.0994 e. The van der Waals surface area contributed by atoms with Crippen LogP contribution in [0.4, 0.5) is 0 Å². The second-order valence-electron chi connectivity index (χ2n) is 4.67. The smallest absolute Gasteiger partial charge is 0.0994 e. The quantitative estimate of drug-likeness (QED) is 0.926. The van der Waals surface area contributed by atoms with E-state index in [4.69, 9.17) is 4.74 Å². The fraction of sp³-hybridized carbons (Fsp3) is 0.538. The van der Waals surface area contributed by atoms with Crippen LogP contribution in [0, 0.1) is 0 Å². The van der Waals surface area contributed by atoms with Crippen LogP contribution in [-0.4, -0.2) is 42.9 Å². The zero-order valence-electron chi connectivity index (χ0n) is 10.0. The second-order valence-corrected chi connectivity index (χ2v) is 5.58. The molecule has 1 atom stereocenters. The number of rotatable bonds is 3. The van der Waals surface area contributed by atoms with Gasteiger partial charge in [-0.15, -0.1) is 0 Å². The van der Waals surface area contributed by atoms with Crippen LogP contribution in [0.15, 0.2) is 28.7 Å². The van der Waals surface area contributed by atoms with Crippen molar-refractivity contribution < 1.29 is 9.84 Å². The molecule has 0 spiro atoms. The molecule has 94 valence electrons. The first kappa shape index (κ1) is 13.0. The molecular formula is C13H18BrNO2. The molecular weight excluding hydrogens is 282 g/mol. The predicted octanol–water partition coefficient (Wildman–Crippen LogP) is 1.99. The van der Waals surface area contributed by atoms with Crippen LogP contribution in [0.1, 0.15) is 12.5 Å². The second kappa shape index (κ2) is 5.48. The van der Waals surface area contributed by atoms with Crippen LogP contribution in [0.5, 0.6) is 0 Å².